The molecule has 1 saturated carbocycles. The van der Waals surface area contributed by atoms with Crippen LogP contribution in [0.25, 0.3) is 22.3 Å². The molecule has 1 fully saturated rings. The summed E-state index contributed by atoms with van der Waals surface area (Å²) >= 11 is 6.03. The summed E-state index contributed by atoms with van der Waals surface area (Å²) in [5.74, 6) is 0.611. The van der Waals surface area contributed by atoms with Crippen LogP contribution in [0, 0.1) is 5.92 Å². The van der Waals surface area contributed by atoms with Crippen molar-refractivity contribution in [1.82, 2.24) is 19.7 Å². The molecule has 0 atom stereocenters. The summed E-state index contributed by atoms with van der Waals surface area (Å²) in [6.45, 7) is 6.20. The first kappa shape index (κ1) is 17.0. The number of amides is 1. The first-order chi connectivity index (χ1) is 12.3. The van der Waals surface area contributed by atoms with Gasteiger partial charge in [0.15, 0.2) is 5.65 Å². The van der Waals surface area contributed by atoms with Crippen molar-refractivity contribution in [3.8, 4) is 11.3 Å². The number of carbonyl (C=O) groups excluding carboxylic acids is 1. The number of halogens is 1. The van der Waals surface area contributed by atoms with Gasteiger partial charge in [-0.1, -0.05) is 23.7 Å². The molecule has 26 heavy (non-hydrogen) atoms. The largest absolute Gasteiger partial charge is 0.310 e. The van der Waals surface area contributed by atoms with Crippen LogP contribution in [-0.2, 0) is 10.3 Å². The van der Waals surface area contributed by atoms with Gasteiger partial charge in [0, 0.05) is 16.5 Å². The van der Waals surface area contributed by atoms with E-state index < -0.39 is 0 Å². The third-order valence-corrected chi connectivity index (χ3v) is 4.66. The van der Waals surface area contributed by atoms with E-state index in [0.29, 0.717) is 16.5 Å². The maximum absolute atomic E-state index is 12.3. The van der Waals surface area contributed by atoms with Gasteiger partial charge in [-0.25, -0.2) is 14.6 Å². The highest BCUT2D eigenvalue weighted by molar-refractivity contribution is 6.30. The quantitative estimate of drug-likeness (QED) is 0.749. The van der Waals surface area contributed by atoms with Gasteiger partial charge in [-0.05, 0) is 45.7 Å². The van der Waals surface area contributed by atoms with Gasteiger partial charge in [0.05, 0.1) is 10.9 Å². The van der Waals surface area contributed by atoms with Crippen LogP contribution in [0.15, 0.2) is 30.6 Å². The monoisotopic (exact) mass is 369 g/mol. The highest BCUT2D eigenvalue weighted by Gasteiger charge is 2.31. The summed E-state index contributed by atoms with van der Waals surface area (Å²) in [5, 5.41) is 9.18. The molecule has 134 valence electrons. The SMILES string of the molecule is CC(C)(C)n1nc(-c2ccc(Cl)cc2)c2c(NC(=O)C3CC3)ncnc21. The van der Waals surface area contributed by atoms with Crippen molar-refractivity contribution in [3.05, 3.63) is 35.6 Å². The zero-order chi connectivity index (χ0) is 18.5. The molecule has 0 unspecified atom stereocenters. The molecule has 0 aliphatic heterocycles. The average Bonchev–Trinajstić information content (AvgIpc) is 3.35. The van der Waals surface area contributed by atoms with Gasteiger partial charge in [-0.3, -0.25) is 4.79 Å². The van der Waals surface area contributed by atoms with Gasteiger partial charge in [0.1, 0.15) is 17.8 Å². The van der Waals surface area contributed by atoms with Crippen LogP contribution in [0.1, 0.15) is 33.6 Å². The average molecular weight is 370 g/mol. The zero-order valence-electron chi connectivity index (χ0n) is 15.0. The Hall–Kier alpha value is -2.47. The summed E-state index contributed by atoms with van der Waals surface area (Å²) in [6, 6.07) is 7.48. The molecule has 0 spiro atoms. The molecular weight excluding hydrogens is 350 g/mol. The number of fused-ring (bicyclic) bond motifs is 1. The molecular formula is C19H20ClN5O. The highest BCUT2D eigenvalue weighted by atomic mass is 35.5. The second-order valence-corrected chi connectivity index (χ2v) is 8.06. The minimum absolute atomic E-state index is 0.00978. The van der Waals surface area contributed by atoms with E-state index in [4.69, 9.17) is 16.7 Å². The summed E-state index contributed by atoms with van der Waals surface area (Å²) in [6.07, 6.45) is 3.34. The van der Waals surface area contributed by atoms with Crippen molar-refractivity contribution < 1.29 is 4.79 Å². The topological polar surface area (TPSA) is 72.7 Å². The second kappa shape index (κ2) is 6.06. The molecule has 1 N–H and O–H groups in total. The Kier molecular flexibility index (Phi) is 3.95. The van der Waals surface area contributed by atoms with Crippen LogP contribution in [0.2, 0.25) is 5.02 Å². The van der Waals surface area contributed by atoms with Crippen LogP contribution in [-0.4, -0.2) is 25.7 Å². The van der Waals surface area contributed by atoms with Crippen molar-refractivity contribution in [1.29, 1.82) is 0 Å². The number of rotatable bonds is 3. The molecule has 2 heterocycles. The van der Waals surface area contributed by atoms with Crippen molar-refractivity contribution in [3.63, 3.8) is 0 Å². The summed E-state index contributed by atoms with van der Waals surface area (Å²) < 4.78 is 1.88. The minimum atomic E-state index is -0.269. The number of hydrogen-bond donors (Lipinski definition) is 1. The van der Waals surface area contributed by atoms with Crippen LogP contribution >= 0.6 is 11.6 Å². The van der Waals surface area contributed by atoms with Gasteiger partial charge in [-0.2, -0.15) is 5.10 Å². The summed E-state index contributed by atoms with van der Waals surface area (Å²) in [4.78, 5) is 21.1. The van der Waals surface area contributed by atoms with Gasteiger partial charge in [0.2, 0.25) is 5.91 Å². The summed E-state index contributed by atoms with van der Waals surface area (Å²) in [5.41, 5.74) is 2.07. The molecule has 1 amide bonds. The Morgan fingerprint density at radius 2 is 1.88 bits per heavy atom. The smallest absolute Gasteiger partial charge is 0.228 e. The molecule has 0 radical (unpaired) electrons. The summed E-state index contributed by atoms with van der Waals surface area (Å²) in [7, 11) is 0. The fourth-order valence-electron chi connectivity index (χ4n) is 2.89. The van der Waals surface area contributed by atoms with E-state index in [1.807, 2.05) is 28.9 Å². The van der Waals surface area contributed by atoms with Crippen molar-refractivity contribution in [2.24, 2.45) is 5.92 Å². The lowest BCUT2D eigenvalue weighted by Gasteiger charge is -2.19. The molecule has 0 saturated heterocycles. The third-order valence-electron chi connectivity index (χ3n) is 4.41. The number of benzene rings is 1. The van der Waals surface area contributed by atoms with Crippen LogP contribution in [0.3, 0.4) is 0 Å². The van der Waals surface area contributed by atoms with E-state index in [1.165, 1.54) is 6.33 Å². The fraction of sp³-hybridized carbons (Fsp3) is 0.368. The highest BCUT2D eigenvalue weighted by Crippen LogP contribution is 2.36. The van der Waals surface area contributed by atoms with Crippen molar-refractivity contribution in [2.75, 3.05) is 5.32 Å². The van der Waals surface area contributed by atoms with Crippen LogP contribution in [0.5, 0.6) is 0 Å². The maximum Gasteiger partial charge on any atom is 0.228 e. The third kappa shape index (κ3) is 3.05. The van der Waals surface area contributed by atoms with Crippen molar-refractivity contribution in [2.45, 2.75) is 39.2 Å². The zero-order valence-corrected chi connectivity index (χ0v) is 15.7. The number of nitrogens with zero attached hydrogens (tertiary/aromatic N) is 4. The molecule has 2 aromatic heterocycles. The Labute approximate surface area is 156 Å². The van der Waals surface area contributed by atoms with E-state index in [2.05, 4.69) is 36.1 Å². The first-order valence-electron chi connectivity index (χ1n) is 8.65. The Bertz CT molecular complexity index is 984. The fourth-order valence-corrected chi connectivity index (χ4v) is 3.01. The molecule has 1 aliphatic rings. The lowest BCUT2D eigenvalue weighted by Crippen LogP contribution is -2.23. The molecule has 7 heteroatoms. The number of anilines is 1. The van der Waals surface area contributed by atoms with E-state index in [1.54, 1.807) is 0 Å². The maximum atomic E-state index is 12.3. The van der Waals surface area contributed by atoms with Gasteiger partial charge in [-0.15, -0.1) is 0 Å². The molecule has 1 aliphatic carbocycles. The lowest BCUT2D eigenvalue weighted by molar-refractivity contribution is -0.117. The van der Waals surface area contributed by atoms with Gasteiger partial charge < -0.3 is 5.32 Å². The lowest BCUT2D eigenvalue weighted by atomic mass is 10.1. The van der Waals surface area contributed by atoms with Crippen LogP contribution < -0.4 is 5.32 Å². The second-order valence-electron chi connectivity index (χ2n) is 7.62. The standard InChI is InChI=1S/C19H20ClN5O/c1-19(2,3)25-17-14(15(24-25)11-6-8-13(20)9-7-11)16(21-10-22-17)23-18(26)12-4-5-12/h6-10,12H,4-5H2,1-3H3,(H,21,22,23,26). The van der Waals surface area contributed by atoms with E-state index in [0.717, 1.165) is 29.5 Å². The van der Waals surface area contributed by atoms with Gasteiger partial charge in [0.25, 0.3) is 0 Å². The number of aromatic nitrogens is 4. The number of hydrogen-bond acceptors (Lipinski definition) is 4. The molecule has 3 aromatic rings. The minimum Gasteiger partial charge on any atom is -0.310 e. The number of carbonyl (C=O) groups is 1. The molecule has 4 rings (SSSR count). The van der Waals surface area contributed by atoms with Gasteiger partial charge >= 0.3 is 0 Å². The Morgan fingerprint density at radius 3 is 2.50 bits per heavy atom. The van der Waals surface area contributed by atoms with E-state index >= 15 is 0 Å². The Morgan fingerprint density at radius 1 is 1.19 bits per heavy atom. The Balaban J connectivity index is 1.93. The predicted octanol–water partition coefficient (Wildman–Crippen LogP) is 4.25. The van der Waals surface area contributed by atoms with E-state index in [9.17, 15) is 4.79 Å². The first-order valence-corrected chi connectivity index (χ1v) is 9.03. The van der Waals surface area contributed by atoms with Crippen LogP contribution in [0.4, 0.5) is 5.82 Å². The molecule has 0 bridgehead atoms. The molecule has 1 aromatic carbocycles. The number of nitrogens with one attached hydrogen (secondary N) is 1. The molecule has 6 nitrogen and oxygen atoms in total. The predicted molar refractivity (Wildman–Crippen MR) is 102 cm³/mol. The van der Waals surface area contributed by atoms with E-state index in [-0.39, 0.29) is 17.4 Å². The van der Waals surface area contributed by atoms with Crippen molar-refractivity contribution >= 4 is 34.4 Å². The normalized spacial score (nSPS) is 14.6.